The maximum atomic E-state index is 14.3. The average molecular weight is 1120 g/mol. The molecule has 0 aliphatic rings. The molecule has 372 valence electrons. The second kappa shape index (κ2) is 16.4. The Kier molecular flexibility index (Phi) is 15.3. The first kappa shape index (κ1) is 58.6. The van der Waals surface area contributed by atoms with Crippen LogP contribution in [-0.2, 0) is 12.8 Å². The van der Waals surface area contributed by atoms with E-state index in [1.165, 1.54) is 0 Å². The van der Waals surface area contributed by atoms with Gasteiger partial charge in [0.25, 0.3) is 0 Å². The molecule has 0 amide bonds. The van der Waals surface area contributed by atoms with Gasteiger partial charge in [-0.3, -0.25) is 0 Å². The van der Waals surface area contributed by atoms with E-state index in [0.717, 1.165) is 22.6 Å². The summed E-state index contributed by atoms with van der Waals surface area (Å²) in [6, 6.07) is 1.84. The summed E-state index contributed by atoms with van der Waals surface area (Å²) in [4.78, 5) is 0. The number of benzene rings is 1. The molecule has 1 rings (SSSR count). The van der Waals surface area contributed by atoms with E-state index in [2.05, 4.69) is 0 Å². The standard InChI is InChI=1S/C28H15F34I/c29-13(30,15(33,34)17(37,38)19(41,42)21(45,46)23(49,50)25(53,54)27(57,58)59)7-1-3-10-5-6-12(63)11(9-10)4-2-8-14(31,32)16(35,36)18(39,40)20(43,44)22(47,48)24(51,52)26(55,56)28(60,61)62/h5-6,9H,1-4,7-8H2. The van der Waals surface area contributed by atoms with Crippen molar-refractivity contribution in [3.05, 3.63) is 32.9 Å². The molecule has 0 saturated heterocycles. The highest BCUT2D eigenvalue weighted by Crippen LogP contribution is 2.66. The minimum atomic E-state index is -8.91. The van der Waals surface area contributed by atoms with E-state index in [1.54, 1.807) is 0 Å². The van der Waals surface area contributed by atoms with E-state index in [9.17, 15) is 149 Å². The van der Waals surface area contributed by atoms with Crippen LogP contribution in [0, 0.1) is 3.57 Å². The molecular formula is C28H15F34I. The fourth-order valence-electron chi connectivity index (χ4n) is 4.70. The number of aryl methyl sites for hydroxylation is 2. The third kappa shape index (κ3) is 8.71. The number of hydrogen-bond acceptors (Lipinski definition) is 0. The highest BCUT2D eigenvalue weighted by Gasteiger charge is 2.96. The normalized spacial score (nSPS) is 16.2. The summed E-state index contributed by atoms with van der Waals surface area (Å²) in [5.41, 5.74) is -1.30. The van der Waals surface area contributed by atoms with Crippen molar-refractivity contribution >= 4 is 22.6 Å². The molecule has 0 nitrogen and oxygen atoms in total. The smallest absolute Gasteiger partial charge is 0.200 e. The van der Waals surface area contributed by atoms with Crippen LogP contribution in [0.1, 0.15) is 36.8 Å². The van der Waals surface area contributed by atoms with Gasteiger partial charge in [0.15, 0.2) is 0 Å². The summed E-state index contributed by atoms with van der Waals surface area (Å²) >= 11 is 1.15. The molecule has 1 aromatic rings. The molecular weight excluding hydrogens is 1110 g/mol. The second-order valence-electron chi connectivity index (χ2n) is 12.9. The predicted molar refractivity (Wildman–Crippen MR) is 146 cm³/mol. The Morgan fingerprint density at radius 2 is 0.540 bits per heavy atom. The minimum Gasteiger partial charge on any atom is -0.200 e. The van der Waals surface area contributed by atoms with E-state index in [-0.39, 0.29) is 3.57 Å². The molecule has 0 atom stereocenters. The topological polar surface area (TPSA) is 0 Å². The van der Waals surface area contributed by atoms with Crippen LogP contribution in [0.25, 0.3) is 0 Å². The van der Waals surface area contributed by atoms with Gasteiger partial charge in [-0.1, -0.05) is 12.1 Å². The number of rotatable bonds is 20. The summed E-state index contributed by atoms with van der Waals surface area (Å²) in [5, 5.41) is 0. The van der Waals surface area contributed by atoms with E-state index < -0.39 is 145 Å². The van der Waals surface area contributed by atoms with E-state index in [4.69, 9.17) is 0 Å². The first-order valence-corrected chi connectivity index (χ1v) is 16.3. The monoisotopic (exact) mass is 1120 g/mol. The van der Waals surface area contributed by atoms with E-state index in [0.29, 0.717) is 18.2 Å². The molecule has 0 bridgehead atoms. The maximum Gasteiger partial charge on any atom is 0.460 e. The summed E-state index contributed by atoms with van der Waals surface area (Å²) in [7, 11) is 0. The van der Waals surface area contributed by atoms with Crippen LogP contribution in [-0.4, -0.2) is 95.3 Å². The van der Waals surface area contributed by atoms with Crippen molar-refractivity contribution in [2.24, 2.45) is 0 Å². The van der Waals surface area contributed by atoms with Gasteiger partial charge in [-0.25, -0.2) is 0 Å². The second-order valence-corrected chi connectivity index (χ2v) is 14.1. The van der Waals surface area contributed by atoms with Crippen molar-refractivity contribution < 1.29 is 149 Å². The van der Waals surface area contributed by atoms with Gasteiger partial charge in [0.1, 0.15) is 0 Å². The molecule has 1 aromatic carbocycles. The average Bonchev–Trinajstić information content (AvgIpc) is 3.07. The van der Waals surface area contributed by atoms with E-state index >= 15 is 0 Å². The zero-order chi connectivity index (χ0) is 51.1. The molecule has 35 heteroatoms. The largest absolute Gasteiger partial charge is 0.460 e. The SMILES string of the molecule is FC(F)(F)C(F)(F)C(F)(F)C(F)(F)C(F)(F)C(F)(F)C(F)(F)C(F)(F)CCCc1ccc(I)c(CCCC(F)(F)C(F)(F)C(F)(F)C(F)(F)C(F)(F)C(F)(F)C(F)(F)C(F)(F)F)c1. The first-order chi connectivity index (χ1) is 27.1. The summed E-state index contributed by atoms with van der Waals surface area (Å²) in [6.45, 7) is 0. The summed E-state index contributed by atoms with van der Waals surface area (Å²) < 4.78 is 457. The zero-order valence-electron chi connectivity index (χ0n) is 28.7. The molecule has 0 fully saturated rings. The van der Waals surface area contributed by atoms with Crippen molar-refractivity contribution in [3.8, 4) is 0 Å². The molecule has 0 aliphatic heterocycles. The Hall–Kier alpha value is -2.43. The highest BCUT2D eigenvalue weighted by atomic mass is 127. The third-order valence-corrected chi connectivity index (χ3v) is 9.63. The van der Waals surface area contributed by atoms with Gasteiger partial charge in [0.05, 0.1) is 0 Å². The van der Waals surface area contributed by atoms with Gasteiger partial charge in [-0.15, -0.1) is 0 Å². The van der Waals surface area contributed by atoms with Crippen molar-refractivity contribution in [1.82, 2.24) is 0 Å². The van der Waals surface area contributed by atoms with Crippen molar-refractivity contribution in [2.45, 2.75) is 134 Å². The molecule has 0 unspecified atom stereocenters. The minimum absolute atomic E-state index is 0.330. The Morgan fingerprint density at radius 3 is 0.810 bits per heavy atom. The van der Waals surface area contributed by atoms with Crippen molar-refractivity contribution in [2.75, 3.05) is 0 Å². The summed E-state index contributed by atoms with van der Waals surface area (Å²) in [5.74, 6) is -117. The van der Waals surface area contributed by atoms with Crippen molar-refractivity contribution in [3.63, 3.8) is 0 Å². The van der Waals surface area contributed by atoms with Crippen LogP contribution in [0.15, 0.2) is 18.2 Å². The number of alkyl halides is 34. The van der Waals surface area contributed by atoms with Crippen LogP contribution in [0.2, 0.25) is 0 Å². The lowest BCUT2D eigenvalue weighted by atomic mass is 9.87. The maximum absolute atomic E-state index is 14.3. The van der Waals surface area contributed by atoms with Gasteiger partial charge < -0.3 is 0 Å². The Labute approximate surface area is 338 Å². The fraction of sp³-hybridized carbons (Fsp3) is 0.786. The summed E-state index contributed by atoms with van der Waals surface area (Å²) in [6.07, 6.45) is -28.1. The molecule has 0 aliphatic carbocycles. The molecule has 0 radical (unpaired) electrons. The van der Waals surface area contributed by atoms with Crippen molar-refractivity contribution in [1.29, 1.82) is 0 Å². The lowest BCUT2D eigenvalue weighted by Crippen LogP contribution is -2.74. The zero-order valence-corrected chi connectivity index (χ0v) is 30.9. The molecule has 0 N–H and O–H groups in total. The number of halogens is 35. The molecule has 0 spiro atoms. The molecule has 0 aromatic heterocycles. The molecule has 0 saturated carbocycles. The van der Waals surface area contributed by atoms with Gasteiger partial charge >= 0.3 is 95.3 Å². The molecule has 0 heterocycles. The van der Waals surface area contributed by atoms with E-state index in [1.807, 2.05) is 0 Å². The Bertz CT molecular complexity index is 1750. The van der Waals surface area contributed by atoms with Crippen LogP contribution >= 0.6 is 22.6 Å². The van der Waals surface area contributed by atoms with Gasteiger partial charge in [0, 0.05) is 16.4 Å². The van der Waals surface area contributed by atoms with Gasteiger partial charge in [0.2, 0.25) is 0 Å². The van der Waals surface area contributed by atoms with Crippen LogP contribution in [0.3, 0.4) is 0 Å². The quantitative estimate of drug-likeness (QED) is 0.0902. The number of hydrogen-bond donors (Lipinski definition) is 0. The predicted octanol–water partition coefficient (Wildman–Crippen LogP) is 15.0. The van der Waals surface area contributed by atoms with Crippen LogP contribution in [0.4, 0.5) is 149 Å². The highest BCUT2D eigenvalue weighted by molar-refractivity contribution is 14.1. The van der Waals surface area contributed by atoms with Gasteiger partial charge in [-0.05, 0) is 65.5 Å². The fourth-order valence-corrected chi connectivity index (χ4v) is 5.30. The lowest BCUT2D eigenvalue weighted by molar-refractivity contribution is -0.461. The Balaban J connectivity index is 3.33. The van der Waals surface area contributed by atoms with Crippen LogP contribution < -0.4 is 0 Å². The Morgan fingerprint density at radius 1 is 0.302 bits per heavy atom. The van der Waals surface area contributed by atoms with Gasteiger partial charge in [-0.2, -0.15) is 149 Å². The first-order valence-electron chi connectivity index (χ1n) is 15.3. The lowest BCUT2D eigenvalue weighted by Gasteiger charge is -2.42. The molecule has 63 heavy (non-hydrogen) atoms. The third-order valence-electron chi connectivity index (χ3n) is 8.58. The van der Waals surface area contributed by atoms with Crippen LogP contribution in [0.5, 0.6) is 0 Å².